The van der Waals surface area contributed by atoms with Crippen molar-refractivity contribution in [1.82, 2.24) is 10.6 Å². The zero-order chi connectivity index (χ0) is 16.1. The van der Waals surface area contributed by atoms with Gasteiger partial charge < -0.3 is 20.3 Å². The van der Waals surface area contributed by atoms with E-state index in [1.54, 1.807) is 13.1 Å². The van der Waals surface area contributed by atoms with Crippen LogP contribution in [-0.4, -0.2) is 45.9 Å². The van der Waals surface area contributed by atoms with Crippen LogP contribution in [0.2, 0.25) is 0 Å². The summed E-state index contributed by atoms with van der Waals surface area (Å²) >= 11 is 0. The van der Waals surface area contributed by atoms with Gasteiger partial charge in [0, 0.05) is 33.2 Å². The maximum Gasteiger partial charge on any atom is 0.191 e. The van der Waals surface area contributed by atoms with Crippen LogP contribution in [0.15, 0.2) is 23.2 Å². The molecule has 0 spiro atoms. The second-order valence-corrected chi connectivity index (χ2v) is 6.14. The molecule has 0 aromatic heterocycles. The average molecular weight is 320 g/mol. The first kappa shape index (κ1) is 16.1. The standard InChI is InChI=1S/C17H25FN4O/c1-19-17(20-11-13-2-3-13)21-12-14-4-5-16(15(18)10-14)22-6-8-23-9-7-22/h4-5,10,13H,2-3,6-9,11-12H2,1H3,(H2,19,20,21). The van der Waals surface area contributed by atoms with Crippen LogP contribution in [0.5, 0.6) is 0 Å². The molecule has 126 valence electrons. The third kappa shape index (κ3) is 4.58. The molecule has 3 rings (SSSR count). The molecule has 1 heterocycles. The number of nitrogens with one attached hydrogen (secondary N) is 2. The van der Waals surface area contributed by atoms with Gasteiger partial charge in [0.15, 0.2) is 5.96 Å². The molecule has 1 aliphatic carbocycles. The van der Waals surface area contributed by atoms with Crippen molar-refractivity contribution in [3.8, 4) is 0 Å². The molecule has 23 heavy (non-hydrogen) atoms. The molecule has 0 unspecified atom stereocenters. The van der Waals surface area contributed by atoms with E-state index in [1.165, 1.54) is 12.8 Å². The van der Waals surface area contributed by atoms with Crippen molar-refractivity contribution in [2.45, 2.75) is 19.4 Å². The summed E-state index contributed by atoms with van der Waals surface area (Å²) in [5.74, 6) is 1.39. The first-order valence-electron chi connectivity index (χ1n) is 8.32. The molecule has 1 saturated heterocycles. The number of halogens is 1. The molecule has 2 N–H and O–H groups in total. The Kier molecular flexibility index (Phi) is 5.33. The molecule has 1 saturated carbocycles. The summed E-state index contributed by atoms with van der Waals surface area (Å²) in [5.41, 5.74) is 1.57. The number of rotatable bonds is 5. The molecule has 2 fully saturated rings. The van der Waals surface area contributed by atoms with E-state index in [4.69, 9.17) is 4.74 Å². The van der Waals surface area contributed by atoms with Crippen LogP contribution in [0, 0.1) is 11.7 Å². The number of hydrogen-bond acceptors (Lipinski definition) is 3. The SMILES string of the molecule is CN=C(NCc1ccc(N2CCOCC2)c(F)c1)NCC1CC1. The van der Waals surface area contributed by atoms with E-state index in [1.807, 2.05) is 17.0 Å². The Bertz CT molecular complexity index is 554. The van der Waals surface area contributed by atoms with Gasteiger partial charge in [-0.1, -0.05) is 6.07 Å². The van der Waals surface area contributed by atoms with Gasteiger partial charge >= 0.3 is 0 Å². The Labute approximate surface area is 136 Å². The minimum absolute atomic E-state index is 0.174. The first-order chi connectivity index (χ1) is 11.3. The smallest absolute Gasteiger partial charge is 0.191 e. The van der Waals surface area contributed by atoms with Crippen molar-refractivity contribution in [3.63, 3.8) is 0 Å². The predicted octanol–water partition coefficient (Wildman–Crippen LogP) is 1.74. The van der Waals surface area contributed by atoms with Gasteiger partial charge in [-0.05, 0) is 36.5 Å². The zero-order valence-corrected chi connectivity index (χ0v) is 13.6. The molecule has 0 radical (unpaired) electrons. The molecule has 5 nitrogen and oxygen atoms in total. The summed E-state index contributed by atoms with van der Waals surface area (Å²) in [6.07, 6.45) is 2.61. The number of aliphatic imine (C=N–C) groups is 1. The molecule has 0 atom stereocenters. The fourth-order valence-corrected chi connectivity index (χ4v) is 2.69. The van der Waals surface area contributed by atoms with Gasteiger partial charge in [0.2, 0.25) is 0 Å². The highest BCUT2D eigenvalue weighted by Crippen LogP contribution is 2.27. The monoisotopic (exact) mass is 320 g/mol. The number of anilines is 1. The van der Waals surface area contributed by atoms with Crippen molar-refractivity contribution in [3.05, 3.63) is 29.6 Å². The normalized spacial score (nSPS) is 18.9. The lowest BCUT2D eigenvalue weighted by molar-refractivity contribution is 0.122. The van der Waals surface area contributed by atoms with Crippen LogP contribution in [-0.2, 0) is 11.3 Å². The topological polar surface area (TPSA) is 48.9 Å². The Morgan fingerprint density at radius 1 is 1.30 bits per heavy atom. The Morgan fingerprint density at radius 3 is 2.74 bits per heavy atom. The molecule has 1 aromatic rings. The Morgan fingerprint density at radius 2 is 2.09 bits per heavy atom. The van der Waals surface area contributed by atoms with Gasteiger partial charge in [-0.25, -0.2) is 4.39 Å². The fraction of sp³-hybridized carbons (Fsp3) is 0.588. The fourth-order valence-electron chi connectivity index (χ4n) is 2.69. The van der Waals surface area contributed by atoms with Crippen LogP contribution >= 0.6 is 0 Å². The average Bonchev–Trinajstić information content (AvgIpc) is 3.40. The van der Waals surface area contributed by atoms with Crippen molar-refractivity contribution < 1.29 is 9.13 Å². The van der Waals surface area contributed by atoms with E-state index in [2.05, 4.69) is 15.6 Å². The Hall–Kier alpha value is -1.82. The third-order valence-electron chi connectivity index (χ3n) is 4.30. The number of nitrogens with zero attached hydrogens (tertiary/aromatic N) is 2. The van der Waals surface area contributed by atoms with Crippen LogP contribution in [0.3, 0.4) is 0 Å². The van der Waals surface area contributed by atoms with Crippen molar-refractivity contribution in [1.29, 1.82) is 0 Å². The minimum Gasteiger partial charge on any atom is -0.378 e. The summed E-state index contributed by atoms with van der Waals surface area (Å²) in [4.78, 5) is 6.23. The van der Waals surface area contributed by atoms with Gasteiger partial charge in [-0.15, -0.1) is 0 Å². The van der Waals surface area contributed by atoms with E-state index in [-0.39, 0.29) is 5.82 Å². The molecule has 0 amide bonds. The summed E-state index contributed by atoms with van der Waals surface area (Å²) in [5, 5.41) is 6.54. The van der Waals surface area contributed by atoms with E-state index < -0.39 is 0 Å². The maximum absolute atomic E-state index is 14.3. The molecule has 1 aromatic carbocycles. The maximum atomic E-state index is 14.3. The lowest BCUT2D eigenvalue weighted by atomic mass is 10.1. The Balaban J connectivity index is 1.54. The number of guanidine groups is 1. The second kappa shape index (κ2) is 7.64. The van der Waals surface area contributed by atoms with Gasteiger partial charge in [0.25, 0.3) is 0 Å². The first-order valence-corrected chi connectivity index (χ1v) is 8.32. The van der Waals surface area contributed by atoms with Crippen LogP contribution in [0.1, 0.15) is 18.4 Å². The van der Waals surface area contributed by atoms with Crippen LogP contribution in [0.25, 0.3) is 0 Å². The van der Waals surface area contributed by atoms with E-state index >= 15 is 0 Å². The quantitative estimate of drug-likeness (QED) is 0.641. The van der Waals surface area contributed by atoms with E-state index in [0.717, 1.165) is 37.1 Å². The van der Waals surface area contributed by atoms with Crippen molar-refractivity contribution in [2.75, 3.05) is 44.8 Å². The lowest BCUT2D eigenvalue weighted by Crippen LogP contribution is -2.38. The summed E-state index contributed by atoms with van der Waals surface area (Å²) in [6.45, 7) is 4.32. The number of ether oxygens (including phenoxy) is 1. The highest BCUT2D eigenvalue weighted by Gasteiger charge is 2.21. The lowest BCUT2D eigenvalue weighted by Gasteiger charge is -2.29. The molecular formula is C17H25FN4O. The van der Waals surface area contributed by atoms with Gasteiger partial charge in [0.05, 0.1) is 18.9 Å². The molecule has 6 heteroatoms. The molecule has 1 aliphatic heterocycles. The molecule has 2 aliphatic rings. The number of benzene rings is 1. The summed E-state index contributed by atoms with van der Waals surface area (Å²) < 4.78 is 19.7. The van der Waals surface area contributed by atoms with Gasteiger partial charge in [-0.3, -0.25) is 4.99 Å². The molecular weight excluding hydrogens is 295 g/mol. The van der Waals surface area contributed by atoms with Crippen LogP contribution < -0.4 is 15.5 Å². The van der Waals surface area contributed by atoms with Gasteiger partial charge in [0.1, 0.15) is 5.82 Å². The highest BCUT2D eigenvalue weighted by atomic mass is 19.1. The van der Waals surface area contributed by atoms with Crippen LogP contribution in [0.4, 0.5) is 10.1 Å². The van der Waals surface area contributed by atoms with Crippen molar-refractivity contribution >= 4 is 11.6 Å². The minimum atomic E-state index is -0.174. The molecule has 0 bridgehead atoms. The summed E-state index contributed by atoms with van der Waals surface area (Å²) in [7, 11) is 1.75. The summed E-state index contributed by atoms with van der Waals surface area (Å²) in [6, 6.07) is 5.43. The third-order valence-corrected chi connectivity index (χ3v) is 4.30. The second-order valence-electron chi connectivity index (χ2n) is 6.14. The predicted molar refractivity (Wildman–Crippen MR) is 90.4 cm³/mol. The van der Waals surface area contributed by atoms with E-state index in [0.29, 0.717) is 25.4 Å². The van der Waals surface area contributed by atoms with Gasteiger partial charge in [-0.2, -0.15) is 0 Å². The van der Waals surface area contributed by atoms with E-state index in [9.17, 15) is 4.39 Å². The highest BCUT2D eigenvalue weighted by molar-refractivity contribution is 5.79. The largest absolute Gasteiger partial charge is 0.378 e. The van der Waals surface area contributed by atoms with Crippen molar-refractivity contribution in [2.24, 2.45) is 10.9 Å². The number of hydrogen-bond donors (Lipinski definition) is 2. The zero-order valence-electron chi connectivity index (χ0n) is 13.6. The number of morpholine rings is 1.